The number of hydrogen-bond acceptors (Lipinski definition) is 2. The highest BCUT2D eigenvalue weighted by Gasteiger charge is 2.10. The smallest absolute Gasteiger partial charge is 0.214 e. The molecule has 3 nitrogen and oxygen atoms in total. The van der Waals surface area contributed by atoms with Crippen LogP contribution in [0.25, 0.3) is 0 Å². The van der Waals surface area contributed by atoms with Gasteiger partial charge in [0.15, 0.2) is 0 Å². The first-order chi connectivity index (χ1) is 5.55. The summed E-state index contributed by atoms with van der Waals surface area (Å²) in [7, 11) is -3.22. The predicted octanol–water partition coefficient (Wildman–Crippen LogP) is 1.54. The van der Waals surface area contributed by atoms with Gasteiger partial charge in [-0.1, -0.05) is 26.7 Å². The van der Waals surface area contributed by atoms with Crippen molar-refractivity contribution in [2.45, 2.75) is 26.7 Å². The first-order valence-corrected chi connectivity index (χ1v) is 6.27. The molecule has 0 fully saturated rings. The zero-order chi connectivity index (χ0) is 9.61. The summed E-state index contributed by atoms with van der Waals surface area (Å²) in [4.78, 5) is 0. The van der Waals surface area contributed by atoms with Gasteiger partial charge in [-0.15, -0.1) is 11.6 Å². The number of nitrogens with one attached hydrogen (secondary N) is 1. The predicted molar refractivity (Wildman–Crippen MR) is 51.7 cm³/mol. The standard InChI is InChI=1S/C7H16ClNO2S/c1-3-7(4-2)5-9-12(10,11)6-8/h7,9H,3-6H2,1-2H3. The minimum Gasteiger partial charge on any atom is -0.214 e. The molecule has 0 aliphatic rings. The van der Waals surface area contributed by atoms with Gasteiger partial charge in [0.2, 0.25) is 10.0 Å². The van der Waals surface area contributed by atoms with Crippen LogP contribution >= 0.6 is 11.6 Å². The topological polar surface area (TPSA) is 46.2 Å². The van der Waals surface area contributed by atoms with E-state index in [1.807, 2.05) is 13.8 Å². The summed E-state index contributed by atoms with van der Waals surface area (Å²) >= 11 is 5.21. The molecule has 0 radical (unpaired) electrons. The molecule has 1 N–H and O–H groups in total. The van der Waals surface area contributed by atoms with Gasteiger partial charge in [-0.3, -0.25) is 0 Å². The molecule has 0 spiro atoms. The van der Waals surface area contributed by atoms with Crippen LogP contribution in [-0.2, 0) is 10.0 Å². The Morgan fingerprint density at radius 3 is 2.17 bits per heavy atom. The van der Waals surface area contributed by atoms with Gasteiger partial charge in [0, 0.05) is 6.54 Å². The maximum Gasteiger partial charge on any atom is 0.225 e. The summed E-state index contributed by atoms with van der Waals surface area (Å²) < 4.78 is 24.2. The van der Waals surface area contributed by atoms with E-state index in [0.29, 0.717) is 12.5 Å². The lowest BCUT2D eigenvalue weighted by atomic mass is 10.0. The Balaban J connectivity index is 3.81. The Labute approximate surface area is 79.5 Å². The van der Waals surface area contributed by atoms with Gasteiger partial charge in [0.1, 0.15) is 5.21 Å². The van der Waals surface area contributed by atoms with E-state index < -0.39 is 10.0 Å². The molecule has 0 aliphatic carbocycles. The Hall–Kier alpha value is 0.200. The lowest BCUT2D eigenvalue weighted by Crippen LogP contribution is -2.29. The van der Waals surface area contributed by atoms with Gasteiger partial charge >= 0.3 is 0 Å². The Bertz CT molecular complexity index is 199. The van der Waals surface area contributed by atoms with E-state index in [2.05, 4.69) is 4.72 Å². The molecule has 0 rings (SSSR count). The molecule has 74 valence electrons. The minimum atomic E-state index is -3.22. The van der Waals surface area contributed by atoms with E-state index in [-0.39, 0.29) is 5.21 Å². The molecular weight excluding hydrogens is 198 g/mol. The Kier molecular flexibility index (Phi) is 5.88. The van der Waals surface area contributed by atoms with Crippen LogP contribution in [0, 0.1) is 5.92 Å². The van der Waals surface area contributed by atoms with Gasteiger partial charge in [0.05, 0.1) is 0 Å². The molecule has 12 heavy (non-hydrogen) atoms. The van der Waals surface area contributed by atoms with Crippen molar-refractivity contribution in [3.63, 3.8) is 0 Å². The third kappa shape index (κ3) is 4.95. The van der Waals surface area contributed by atoms with E-state index in [1.165, 1.54) is 0 Å². The van der Waals surface area contributed by atoms with Gasteiger partial charge in [-0.05, 0) is 5.92 Å². The normalized spacial score (nSPS) is 12.3. The summed E-state index contributed by atoms with van der Waals surface area (Å²) in [6.45, 7) is 4.59. The van der Waals surface area contributed by atoms with Gasteiger partial charge in [-0.25, -0.2) is 13.1 Å². The first kappa shape index (κ1) is 12.2. The fraction of sp³-hybridized carbons (Fsp3) is 1.00. The summed E-state index contributed by atoms with van der Waals surface area (Å²) in [6.07, 6.45) is 1.97. The molecule has 0 aromatic rings. The molecule has 0 aromatic heterocycles. The molecule has 0 aliphatic heterocycles. The van der Waals surface area contributed by atoms with Crippen molar-refractivity contribution in [3.05, 3.63) is 0 Å². The maximum absolute atomic E-state index is 10.9. The van der Waals surface area contributed by atoms with Crippen LogP contribution in [0.5, 0.6) is 0 Å². The molecular formula is C7H16ClNO2S. The molecule has 0 saturated heterocycles. The second-order valence-electron chi connectivity index (χ2n) is 2.75. The van der Waals surface area contributed by atoms with E-state index in [4.69, 9.17) is 11.6 Å². The molecule has 0 saturated carbocycles. The van der Waals surface area contributed by atoms with Crippen molar-refractivity contribution in [1.82, 2.24) is 4.72 Å². The van der Waals surface area contributed by atoms with Crippen molar-refractivity contribution in [2.24, 2.45) is 5.92 Å². The molecule has 0 heterocycles. The molecule has 0 bridgehead atoms. The highest BCUT2D eigenvalue weighted by Crippen LogP contribution is 2.05. The SMILES string of the molecule is CCC(CC)CNS(=O)(=O)CCl. The largest absolute Gasteiger partial charge is 0.225 e. The molecule has 0 atom stereocenters. The van der Waals surface area contributed by atoms with Crippen LogP contribution < -0.4 is 4.72 Å². The van der Waals surface area contributed by atoms with E-state index in [9.17, 15) is 8.42 Å². The molecule has 5 heteroatoms. The first-order valence-electron chi connectivity index (χ1n) is 4.09. The van der Waals surface area contributed by atoms with Crippen molar-refractivity contribution >= 4 is 21.6 Å². The lowest BCUT2D eigenvalue weighted by Gasteiger charge is -2.12. The third-order valence-electron chi connectivity index (χ3n) is 1.89. The van der Waals surface area contributed by atoms with Crippen LogP contribution in [0.3, 0.4) is 0 Å². The summed E-state index contributed by atoms with van der Waals surface area (Å²) in [5.74, 6) is 0.419. The quantitative estimate of drug-likeness (QED) is 0.681. The summed E-state index contributed by atoms with van der Waals surface area (Å²) in [5, 5.41) is -0.354. The van der Waals surface area contributed by atoms with Crippen molar-refractivity contribution < 1.29 is 8.42 Å². The van der Waals surface area contributed by atoms with E-state index in [1.54, 1.807) is 0 Å². The van der Waals surface area contributed by atoms with Crippen molar-refractivity contribution in [3.8, 4) is 0 Å². The second-order valence-corrected chi connectivity index (χ2v) is 5.15. The monoisotopic (exact) mass is 213 g/mol. The zero-order valence-corrected chi connectivity index (χ0v) is 9.08. The number of hydrogen-bond donors (Lipinski definition) is 1. The lowest BCUT2D eigenvalue weighted by molar-refractivity contribution is 0.480. The van der Waals surface area contributed by atoms with Crippen molar-refractivity contribution in [1.29, 1.82) is 0 Å². The average Bonchev–Trinajstić information content (AvgIpc) is 2.06. The fourth-order valence-corrected chi connectivity index (χ4v) is 1.66. The van der Waals surface area contributed by atoms with Crippen LogP contribution in [0.1, 0.15) is 26.7 Å². The second kappa shape index (κ2) is 5.78. The Morgan fingerprint density at radius 1 is 1.33 bits per heavy atom. The minimum absolute atomic E-state index is 0.354. The zero-order valence-electron chi connectivity index (χ0n) is 7.51. The molecule has 0 amide bonds. The van der Waals surface area contributed by atoms with Gasteiger partial charge in [0.25, 0.3) is 0 Å². The van der Waals surface area contributed by atoms with Gasteiger partial charge < -0.3 is 0 Å². The highest BCUT2D eigenvalue weighted by molar-refractivity contribution is 7.90. The average molecular weight is 214 g/mol. The van der Waals surface area contributed by atoms with Crippen LogP contribution in [-0.4, -0.2) is 20.2 Å². The number of rotatable bonds is 6. The third-order valence-corrected chi connectivity index (χ3v) is 3.65. The number of alkyl halides is 1. The van der Waals surface area contributed by atoms with E-state index in [0.717, 1.165) is 12.8 Å². The van der Waals surface area contributed by atoms with Crippen LogP contribution in [0.4, 0.5) is 0 Å². The van der Waals surface area contributed by atoms with Crippen LogP contribution in [0.15, 0.2) is 0 Å². The highest BCUT2D eigenvalue weighted by atomic mass is 35.5. The van der Waals surface area contributed by atoms with Gasteiger partial charge in [-0.2, -0.15) is 0 Å². The fourth-order valence-electron chi connectivity index (χ4n) is 0.861. The summed E-state index contributed by atoms with van der Waals surface area (Å²) in [5.41, 5.74) is 0. The maximum atomic E-state index is 10.9. The van der Waals surface area contributed by atoms with Crippen molar-refractivity contribution in [2.75, 3.05) is 11.8 Å². The number of sulfonamides is 1. The van der Waals surface area contributed by atoms with Crippen LogP contribution in [0.2, 0.25) is 0 Å². The Morgan fingerprint density at radius 2 is 1.83 bits per heavy atom. The van der Waals surface area contributed by atoms with E-state index >= 15 is 0 Å². The number of halogens is 1. The molecule has 0 aromatic carbocycles. The molecule has 0 unspecified atom stereocenters. The summed E-state index contributed by atoms with van der Waals surface area (Å²) in [6, 6.07) is 0.